The molecule has 4 rings (SSSR count). The predicted molar refractivity (Wildman–Crippen MR) is 131 cm³/mol. The molecule has 2 aliphatic rings. The second kappa shape index (κ2) is 12.1. The molecule has 9 heteroatoms. The zero-order valence-corrected chi connectivity index (χ0v) is 20.5. The van der Waals surface area contributed by atoms with Gasteiger partial charge in [0.1, 0.15) is 18.8 Å². The van der Waals surface area contributed by atoms with Gasteiger partial charge in [-0.15, -0.1) is 34.2 Å². The van der Waals surface area contributed by atoms with Gasteiger partial charge in [0.2, 0.25) is 0 Å². The summed E-state index contributed by atoms with van der Waals surface area (Å²) in [6, 6.07) is 8.27. The van der Waals surface area contributed by atoms with E-state index in [2.05, 4.69) is 32.3 Å². The molecule has 1 saturated carbocycles. The van der Waals surface area contributed by atoms with E-state index in [0.29, 0.717) is 19.2 Å². The van der Waals surface area contributed by atoms with Crippen LogP contribution in [0, 0.1) is 0 Å². The van der Waals surface area contributed by atoms with Gasteiger partial charge in [-0.1, -0.05) is 38.3 Å². The maximum absolute atomic E-state index is 6.06. The molecule has 170 valence electrons. The SMILES string of the molecule is CCc1nncn1CCNC(=NCC1COc2ccccc2O1)NC1CCCCC1.I. The third kappa shape index (κ3) is 6.72. The lowest BCUT2D eigenvalue weighted by Crippen LogP contribution is -2.46. The Morgan fingerprint density at radius 3 is 2.81 bits per heavy atom. The quantitative estimate of drug-likeness (QED) is 0.319. The third-order valence-electron chi connectivity index (χ3n) is 5.62. The van der Waals surface area contributed by atoms with Crippen LogP contribution in [-0.2, 0) is 13.0 Å². The number of aryl methyl sites for hydroxylation is 1. The highest BCUT2D eigenvalue weighted by molar-refractivity contribution is 14.0. The first-order valence-electron chi connectivity index (χ1n) is 11.1. The Morgan fingerprint density at radius 1 is 1.19 bits per heavy atom. The number of para-hydroxylation sites is 2. The van der Waals surface area contributed by atoms with E-state index in [1.807, 2.05) is 24.3 Å². The molecule has 1 aliphatic heterocycles. The number of hydrogen-bond acceptors (Lipinski definition) is 5. The average Bonchev–Trinajstić information content (AvgIpc) is 3.25. The largest absolute Gasteiger partial charge is 0.486 e. The van der Waals surface area contributed by atoms with E-state index >= 15 is 0 Å². The van der Waals surface area contributed by atoms with Crippen LogP contribution in [-0.4, -0.2) is 52.6 Å². The fourth-order valence-electron chi connectivity index (χ4n) is 3.97. The minimum atomic E-state index is -0.0885. The smallest absolute Gasteiger partial charge is 0.191 e. The van der Waals surface area contributed by atoms with Crippen molar-refractivity contribution >= 4 is 29.9 Å². The lowest BCUT2D eigenvalue weighted by atomic mass is 9.96. The summed E-state index contributed by atoms with van der Waals surface area (Å²) in [7, 11) is 0. The van der Waals surface area contributed by atoms with Gasteiger partial charge in [-0.05, 0) is 25.0 Å². The van der Waals surface area contributed by atoms with Gasteiger partial charge in [0, 0.05) is 25.6 Å². The van der Waals surface area contributed by atoms with Crippen LogP contribution in [0.3, 0.4) is 0 Å². The van der Waals surface area contributed by atoms with Crippen molar-refractivity contribution in [1.29, 1.82) is 0 Å². The number of aliphatic imine (C=N–C) groups is 1. The first-order valence-corrected chi connectivity index (χ1v) is 11.1. The van der Waals surface area contributed by atoms with E-state index in [4.69, 9.17) is 14.5 Å². The molecule has 1 aliphatic carbocycles. The summed E-state index contributed by atoms with van der Waals surface area (Å²) in [5.41, 5.74) is 0. The summed E-state index contributed by atoms with van der Waals surface area (Å²) >= 11 is 0. The Hall–Kier alpha value is -2.04. The van der Waals surface area contributed by atoms with Crippen LogP contribution in [0.1, 0.15) is 44.9 Å². The molecule has 1 aromatic carbocycles. The van der Waals surface area contributed by atoms with E-state index in [1.165, 1.54) is 32.1 Å². The zero-order chi connectivity index (χ0) is 20.6. The van der Waals surface area contributed by atoms with Crippen molar-refractivity contribution in [3.05, 3.63) is 36.4 Å². The van der Waals surface area contributed by atoms with Crippen molar-refractivity contribution in [2.45, 2.75) is 64.1 Å². The maximum atomic E-state index is 6.06. The van der Waals surface area contributed by atoms with E-state index in [-0.39, 0.29) is 30.1 Å². The predicted octanol–water partition coefficient (Wildman–Crippen LogP) is 3.17. The molecule has 1 fully saturated rings. The van der Waals surface area contributed by atoms with Crippen molar-refractivity contribution < 1.29 is 9.47 Å². The fraction of sp³-hybridized carbons (Fsp3) is 0.591. The number of benzene rings is 1. The van der Waals surface area contributed by atoms with Crippen molar-refractivity contribution in [2.24, 2.45) is 4.99 Å². The fourth-order valence-corrected chi connectivity index (χ4v) is 3.97. The maximum Gasteiger partial charge on any atom is 0.191 e. The summed E-state index contributed by atoms with van der Waals surface area (Å²) < 4.78 is 14.0. The van der Waals surface area contributed by atoms with Crippen LogP contribution in [0.15, 0.2) is 35.6 Å². The Morgan fingerprint density at radius 2 is 2.00 bits per heavy atom. The minimum absolute atomic E-state index is 0. The second-order valence-corrected chi connectivity index (χ2v) is 7.89. The molecular weight excluding hydrogens is 507 g/mol. The number of hydrogen-bond donors (Lipinski definition) is 2. The molecule has 0 spiro atoms. The molecule has 0 radical (unpaired) electrons. The van der Waals surface area contributed by atoms with Gasteiger partial charge in [0.05, 0.1) is 6.54 Å². The Bertz CT molecular complexity index is 837. The molecule has 2 N–H and O–H groups in total. The summed E-state index contributed by atoms with van der Waals surface area (Å²) in [6.07, 6.45) is 8.86. The highest BCUT2D eigenvalue weighted by Crippen LogP contribution is 2.30. The highest BCUT2D eigenvalue weighted by atomic mass is 127. The van der Waals surface area contributed by atoms with Crippen LogP contribution < -0.4 is 20.1 Å². The van der Waals surface area contributed by atoms with Crippen molar-refractivity contribution in [3.8, 4) is 11.5 Å². The second-order valence-electron chi connectivity index (χ2n) is 7.89. The van der Waals surface area contributed by atoms with Crippen LogP contribution in [0.5, 0.6) is 11.5 Å². The van der Waals surface area contributed by atoms with E-state index in [9.17, 15) is 0 Å². The lowest BCUT2D eigenvalue weighted by molar-refractivity contribution is 0.0971. The summed E-state index contributed by atoms with van der Waals surface area (Å²) in [4.78, 5) is 4.82. The summed E-state index contributed by atoms with van der Waals surface area (Å²) in [6.45, 7) is 4.71. The number of halogens is 1. The van der Waals surface area contributed by atoms with Crippen molar-refractivity contribution in [2.75, 3.05) is 19.7 Å². The number of rotatable bonds is 7. The Kier molecular flexibility index (Phi) is 9.23. The van der Waals surface area contributed by atoms with Gasteiger partial charge in [-0.25, -0.2) is 4.99 Å². The first-order chi connectivity index (χ1) is 14.8. The molecule has 1 unspecified atom stereocenters. The molecule has 2 heterocycles. The number of ether oxygens (including phenoxy) is 2. The first kappa shape index (κ1) is 23.6. The van der Waals surface area contributed by atoms with Gasteiger partial charge in [-0.2, -0.15) is 0 Å². The van der Waals surface area contributed by atoms with Crippen molar-refractivity contribution in [3.63, 3.8) is 0 Å². The van der Waals surface area contributed by atoms with Gasteiger partial charge in [0.15, 0.2) is 23.6 Å². The van der Waals surface area contributed by atoms with E-state index in [1.54, 1.807) is 6.33 Å². The van der Waals surface area contributed by atoms with Gasteiger partial charge >= 0.3 is 0 Å². The molecule has 1 atom stereocenters. The molecule has 31 heavy (non-hydrogen) atoms. The Labute approximate surface area is 201 Å². The lowest BCUT2D eigenvalue weighted by Gasteiger charge is -2.27. The molecule has 0 saturated heterocycles. The molecule has 2 aromatic rings. The highest BCUT2D eigenvalue weighted by Gasteiger charge is 2.21. The topological polar surface area (TPSA) is 85.6 Å². The number of nitrogens with zero attached hydrogens (tertiary/aromatic N) is 4. The monoisotopic (exact) mass is 540 g/mol. The third-order valence-corrected chi connectivity index (χ3v) is 5.62. The molecule has 0 amide bonds. The summed E-state index contributed by atoms with van der Waals surface area (Å²) in [5, 5.41) is 15.3. The molecule has 1 aromatic heterocycles. The van der Waals surface area contributed by atoms with Crippen LogP contribution in [0.2, 0.25) is 0 Å². The zero-order valence-electron chi connectivity index (χ0n) is 18.1. The molecular formula is C22H33IN6O2. The van der Waals surface area contributed by atoms with E-state index < -0.39 is 0 Å². The van der Waals surface area contributed by atoms with E-state index in [0.717, 1.165) is 42.8 Å². The number of guanidine groups is 1. The normalized spacial score (nSPS) is 18.9. The molecule has 0 bridgehead atoms. The number of aromatic nitrogens is 3. The summed E-state index contributed by atoms with van der Waals surface area (Å²) in [5.74, 6) is 3.44. The van der Waals surface area contributed by atoms with Crippen LogP contribution in [0.4, 0.5) is 0 Å². The Balaban J connectivity index is 0.00000272. The van der Waals surface area contributed by atoms with Crippen molar-refractivity contribution in [1.82, 2.24) is 25.4 Å². The van der Waals surface area contributed by atoms with Gasteiger partial charge in [0.25, 0.3) is 0 Å². The standard InChI is InChI=1S/C22H32N6O2.HI/c1-2-21-27-25-16-28(21)13-12-23-22(26-17-8-4-3-5-9-17)24-14-18-15-29-19-10-6-7-11-20(19)30-18;/h6-7,10-11,16-18H,2-5,8-9,12-15H2,1H3,(H2,23,24,26);1H. The van der Waals surface area contributed by atoms with Crippen LogP contribution >= 0.6 is 24.0 Å². The van der Waals surface area contributed by atoms with Gasteiger partial charge in [-0.3, -0.25) is 0 Å². The number of fused-ring (bicyclic) bond motifs is 1. The minimum Gasteiger partial charge on any atom is -0.486 e. The van der Waals surface area contributed by atoms with Gasteiger partial charge < -0.3 is 24.7 Å². The molecule has 8 nitrogen and oxygen atoms in total. The van der Waals surface area contributed by atoms with Crippen LogP contribution in [0.25, 0.3) is 0 Å². The average molecular weight is 540 g/mol. The number of nitrogens with one attached hydrogen (secondary N) is 2.